The molecule has 0 atom stereocenters. The minimum Gasteiger partial charge on any atom is -0.745 e. The number of aromatic nitrogens is 3. The van der Waals surface area contributed by atoms with Gasteiger partial charge in [0.15, 0.2) is 5.52 Å². The summed E-state index contributed by atoms with van der Waals surface area (Å²) in [5.41, 5.74) is 1.58. The fourth-order valence-corrected chi connectivity index (χ4v) is 1.62. The van der Waals surface area contributed by atoms with E-state index in [2.05, 4.69) is 10.3 Å². The predicted molar refractivity (Wildman–Crippen MR) is 71.4 cm³/mol. The van der Waals surface area contributed by atoms with Gasteiger partial charge in [0.1, 0.15) is 5.52 Å². The fraction of sp³-hybridized carbons (Fsp3) is 0.300. The highest BCUT2D eigenvalue weighted by Gasteiger charge is 2.20. The van der Waals surface area contributed by atoms with Crippen LogP contribution >= 0.6 is 0 Å². The Morgan fingerprint density at radius 3 is 2.24 bits per heavy atom. The number of rotatable bonds is 0. The molecule has 6 nitrogen and oxygen atoms in total. The van der Waals surface area contributed by atoms with E-state index in [0.717, 1.165) is 15.8 Å². The highest BCUT2D eigenvalue weighted by Crippen LogP contribution is 2.10. The van der Waals surface area contributed by atoms with Crippen LogP contribution in [0, 0.1) is 5.21 Å². The summed E-state index contributed by atoms with van der Waals surface area (Å²) in [6, 6.07) is 7.51. The molecule has 0 bridgehead atoms. The maximum Gasteiger partial charge on any atom is 0.673 e. The molecule has 0 unspecified atom stereocenters. The van der Waals surface area contributed by atoms with Crippen molar-refractivity contribution in [3.05, 3.63) is 29.5 Å². The Morgan fingerprint density at radius 2 is 1.76 bits per heavy atom. The lowest BCUT2D eigenvalue weighted by atomic mass is 10.3. The van der Waals surface area contributed by atoms with Crippen LogP contribution in [0.15, 0.2) is 24.3 Å². The van der Waals surface area contributed by atoms with Crippen LogP contribution in [-0.4, -0.2) is 59.0 Å². The summed E-state index contributed by atoms with van der Waals surface area (Å²) in [5, 5.41) is 19.5. The van der Waals surface area contributed by atoms with Crippen LogP contribution in [0.4, 0.5) is 17.3 Å². The van der Waals surface area contributed by atoms with Gasteiger partial charge in [0.05, 0.1) is 21.1 Å². The third-order valence-corrected chi connectivity index (χ3v) is 2.22. The maximum absolute atomic E-state index is 11.5. The number of fused-ring (bicyclic) bond motifs is 1. The van der Waals surface area contributed by atoms with Crippen LogP contribution in [0.2, 0.25) is 0 Å². The van der Waals surface area contributed by atoms with E-state index in [1.807, 2.05) is 24.3 Å². The number of benzene rings is 1. The molecule has 1 aromatic carbocycles. The Kier molecular flexibility index (Phi) is 5.11. The van der Waals surface area contributed by atoms with Gasteiger partial charge in [0.2, 0.25) is 0 Å². The molecule has 0 amide bonds. The molecule has 2 aromatic rings. The van der Waals surface area contributed by atoms with Gasteiger partial charge in [-0.2, -0.15) is 0 Å². The highest BCUT2D eigenvalue weighted by atomic mass is 19.5. The number of nitrogens with zero attached hydrogens (tertiary/aromatic N) is 5. The molecule has 11 heteroatoms. The molecule has 0 aliphatic carbocycles. The highest BCUT2D eigenvalue weighted by molar-refractivity contribution is 6.50. The summed E-state index contributed by atoms with van der Waals surface area (Å²) >= 11 is 0. The van der Waals surface area contributed by atoms with Gasteiger partial charge in [-0.15, -0.1) is 5.10 Å². The van der Waals surface area contributed by atoms with Gasteiger partial charge in [-0.1, -0.05) is 16.8 Å². The molecule has 0 radical (unpaired) electrons. The van der Waals surface area contributed by atoms with E-state index in [1.165, 1.54) is 11.7 Å². The molecular weight excluding hydrogens is 293 g/mol. The molecule has 0 spiro atoms. The number of hydroxylamine groups is 1. The molecule has 0 aliphatic heterocycles. The van der Waals surface area contributed by atoms with Crippen LogP contribution in [-0.2, 0) is 0 Å². The van der Waals surface area contributed by atoms with E-state index in [9.17, 15) is 22.5 Å². The van der Waals surface area contributed by atoms with Crippen molar-refractivity contribution in [2.45, 2.75) is 0 Å². The van der Waals surface area contributed by atoms with Gasteiger partial charge in [0, 0.05) is 5.21 Å². The lowest BCUT2D eigenvalue weighted by Gasteiger charge is -2.14. The first-order valence-electron chi connectivity index (χ1n) is 5.74. The second-order valence-corrected chi connectivity index (χ2v) is 4.18. The summed E-state index contributed by atoms with van der Waals surface area (Å²) in [6.07, 6.45) is 0. The summed E-state index contributed by atoms with van der Waals surface area (Å²) in [6.45, 7) is 0. The second kappa shape index (κ2) is 6.42. The Balaban J connectivity index is 0.000000383. The van der Waals surface area contributed by atoms with Gasteiger partial charge < -0.3 is 22.5 Å². The van der Waals surface area contributed by atoms with E-state index >= 15 is 0 Å². The number of hydrogen-bond donors (Lipinski definition) is 0. The van der Waals surface area contributed by atoms with Crippen molar-refractivity contribution in [2.24, 2.45) is 0 Å². The monoisotopic (exact) mass is 306 g/mol. The van der Waals surface area contributed by atoms with Crippen molar-refractivity contribution in [3.63, 3.8) is 0 Å². The Morgan fingerprint density at radius 1 is 1.24 bits per heavy atom. The van der Waals surface area contributed by atoms with Crippen LogP contribution in [0.25, 0.3) is 11.0 Å². The molecule has 0 N–H and O–H groups in total. The van der Waals surface area contributed by atoms with Crippen LogP contribution < -0.4 is 0 Å². The van der Waals surface area contributed by atoms with Crippen molar-refractivity contribution < 1.29 is 22.0 Å². The quantitative estimate of drug-likeness (QED) is 0.141. The largest absolute Gasteiger partial charge is 0.745 e. The van der Waals surface area contributed by atoms with E-state index in [4.69, 9.17) is 0 Å². The van der Waals surface area contributed by atoms with Crippen molar-refractivity contribution in [1.82, 2.24) is 19.9 Å². The molecule has 2 rings (SSSR count). The molecule has 116 valence electrons. The Hall–Kier alpha value is -2.33. The summed E-state index contributed by atoms with van der Waals surface area (Å²) in [4.78, 5) is 1.70. The number of halogens is 4. The second-order valence-electron chi connectivity index (χ2n) is 4.18. The SMILES string of the molecule is CN(C)/C(n1nnc2ccccc21)=[N+](\C)[O-].F[B-](F)(F)F. The molecule has 0 aliphatic rings. The predicted octanol–water partition coefficient (Wildman–Crippen LogP) is 1.64. The molecule has 1 aromatic heterocycles. The zero-order valence-corrected chi connectivity index (χ0v) is 11.5. The molecule has 1 heterocycles. The van der Waals surface area contributed by atoms with Crippen LogP contribution in [0.3, 0.4) is 0 Å². The van der Waals surface area contributed by atoms with Crippen molar-refractivity contribution in [3.8, 4) is 0 Å². The average Bonchev–Trinajstić information content (AvgIpc) is 2.70. The molecule has 0 saturated heterocycles. The Labute approximate surface area is 118 Å². The number of hydrogen-bond acceptors (Lipinski definition) is 3. The third kappa shape index (κ3) is 4.93. The third-order valence-electron chi connectivity index (χ3n) is 2.22. The van der Waals surface area contributed by atoms with Gasteiger partial charge in [-0.25, -0.2) is 0 Å². The standard InChI is InChI=1S/C10H13N5O.BF4/c1-13(2)10(14(3)16)15-9-7-5-4-6-8(9)11-12-15;2-1(3,4)5/h4-7H,1-3H3;/q;-1/b14-10-;. The molecule has 0 fully saturated rings. The van der Waals surface area contributed by atoms with Crippen molar-refractivity contribution in [1.29, 1.82) is 0 Å². The zero-order valence-electron chi connectivity index (χ0n) is 11.5. The lowest BCUT2D eigenvalue weighted by Crippen LogP contribution is -2.36. The minimum absolute atomic E-state index is 0.425. The van der Waals surface area contributed by atoms with Gasteiger partial charge in [-0.05, 0) is 12.1 Å². The smallest absolute Gasteiger partial charge is 0.673 e. The van der Waals surface area contributed by atoms with Crippen LogP contribution in [0.5, 0.6) is 0 Å². The van der Waals surface area contributed by atoms with Gasteiger partial charge in [0.25, 0.3) is 0 Å². The fourth-order valence-electron chi connectivity index (χ4n) is 1.62. The Bertz CT molecular complexity index is 630. The first-order valence-corrected chi connectivity index (χ1v) is 5.74. The van der Waals surface area contributed by atoms with Gasteiger partial charge in [-0.3, -0.25) is 9.64 Å². The first-order chi connectivity index (χ1) is 9.61. The summed E-state index contributed by atoms with van der Waals surface area (Å²) in [5.74, 6) is 0.425. The maximum atomic E-state index is 11.5. The lowest BCUT2D eigenvalue weighted by molar-refractivity contribution is -0.431. The summed E-state index contributed by atoms with van der Waals surface area (Å²) in [7, 11) is -0.980. The average molecular weight is 306 g/mol. The topological polar surface area (TPSA) is 60.0 Å². The van der Waals surface area contributed by atoms with E-state index < -0.39 is 7.25 Å². The molecule has 21 heavy (non-hydrogen) atoms. The van der Waals surface area contributed by atoms with E-state index in [0.29, 0.717) is 5.96 Å². The summed E-state index contributed by atoms with van der Waals surface area (Å²) < 4.78 is 41.3. The normalized spacial score (nSPS) is 12.5. The molecular formula is C10H13BF4N5O-. The van der Waals surface area contributed by atoms with Crippen molar-refractivity contribution >= 4 is 24.2 Å². The van der Waals surface area contributed by atoms with E-state index in [-0.39, 0.29) is 0 Å². The van der Waals surface area contributed by atoms with E-state index in [1.54, 1.807) is 19.0 Å². The first kappa shape index (κ1) is 16.7. The van der Waals surface area contributed by atoms with Crippen LogP contribution in [0.1, 0.15) is 0 Å². The zero-order chi connectivity index (χ0) is 16.2. The van der Waals surface area contributed by atoms with Gasteiger partial charge >= 0.3 is 13.2 Å². The molecule has 0 saturated carbocycles. The van der Waals surface area contributed by atoms with Crippen molar-refractivity contribution in [2.75, 3.05) is 21.1 Å². The number of para-hydroxylation sites is 1. The minimum atomic E-state index is -6.00.